The van der Waals surface area contributed by atoms with Crippen LogP contribution in [0, 0.1) is 11.3 Å². The van der Waals surface area contributed by atoms with Gasteiger partial charge >= 0.3 is 11.9 Å². The lowest BCUT2D eigenvalue weighted by Gasteiger charge is -2.53. The molecule has 1 saturated carbocycles. The maximum absolute atomic E-state index is 11.9. The fourth-order valence-electron chi connectivity index (χ4n) is 4.21. The van der Waals surface area contributed by atoms with Crippen molar-refractivity contribution < 1.29 is 29.3 Å². The van der Waals surface area contributed by atoms with Crippen LogP contribution in [0.4, 0.5) is 0 Å². The van der Waals surface area contributed by atoms with Crippen LogP contribution >= 0.6 is 0 Å². The predicted octanol–water partition coefficient (Wildman–Crippen LogP) is 1.22. The molecule has 6 nitrogen and oxygen atoms in total. The summed E-state index contributed by atoms with van der Waals surface area (Å²) in [4.78, 5) is 23.2. The molecule has 0 aromatic rings. The molecule has 0 spiro atoms. The van der Waals surface area contributed by atoms with E-state index in [0.29, 0.717) is 6.42 Å². The average Bonchev–Trinajstić information content (AvgIpc) is 2.67. The predicted molar refractivity (Wildman–Crippen MR) is 79.9 cm³/mol. The first-order chi connectivity index (χ1) is 10.6. The van der Waals surface area contributed by atoms with Crippen LogP contribution in [-0.2, 0) is 19.1 Å². The van der Waals surface area contributed by atoms with Crippen molar-refractivity contribution in [3.8, 4) is 0 Å². The molecule has 1 aliphatic heterocycles. The number of rotatable bonds is 1. The molecule has 2 N–H and O–H groups in total. The van der Waals surface area contributed by atoms with E-state index in [0.717, 1.165) is 5.57 Å². The Morgan fingerprint density at radius 2 is 2.13 bits per heavy atom. The van der Waals surface area contributed by atoms with Crippen LogP contribution in [0.15, 0.2) is 22.8 Å². The molecule has 0 amide bonds. The number of esters is 2. The van der Waals surface area contributed by atoms with Crippen molar-refractivity contribution in [1.82, 2.24) is 0 Å². The van der Waals surface area contributed by atoms with Crippen LogP contribution in [0.3, 0.4) is 0 Å². The molecule has 2 aliphatic carbocycles. The van der Waals surface area contributed by atoms with Crippen molar-refractivity contribution >= 4 is 11.9 Å². The van der Waals surface area contributed by atoms with E-state index in [9.17, 15) is 19.8 Å². The summed E-state index contributed by atoms with van der Waals surface area (Å²) in [6, 6.07) is 0. The topological polar surface area (TPSA) is 93.1 Å². The normalized spacial score (nSPS) is 42.6. The van der Waals surface area contributed by atoms with E-state index in [1.54, 1.807) is 6.92 Å². The molecule has 126 valence electrons. The number of hydrogen-bond donors (Lipinski definition) is 2. The summed E-state index contributed by atoms with van der Waals surface area (Å²) in [5.41, 5.74) is 0.587. The van der Waals surface area contributed by atoms with Gasteiger partial charge in [0.15, 0.2) is 0 Å². The van der Waals surface area contributed by atoms with Gasteiger partial charge in [-0.1, -0.05) is 25.5 Å². The van der Waals surface area contributed by atoms with Crippen LogP contribution in [0.25, 0.3) is 0 Å². The molecule has 6 heteroatoms. The lowest BCUT2D eigenvalue weighted by molar-refractivity contribution is -0.197. The molecule has 0 bridgehead atoms. The maximum Gasteiger partial charge on any atom is 0.336 e. The monoisotopic (exact) mass is 322 g/mol. The Kier molecular flexibility index (Phi) is 3.46. The first-order valence-electron chi connectivity index (χ1n) is 7.83. The number of aliphatic hydroxyl groups excluding tert-OH is 1. The molecular weight excluding hydrogens is 300 g/mol. The lowest BCUT2D eigenvalue weighted by Crippen LogP contribution is -2.56. The maximum atomic E-state index is 11.9. The fraction of sp³-hybridized carbons (Fsp3) is 0.647. The highest BCUT2D eigenvalue weighted by Gasteiger charge is 2.61. The first kappa shape index (κ1) is 16.2. The van der Waals surface area contributed by atoms with Crippen molar-refractivity contribution in [2.75, 3.05) is 0 Å². The summed E-state index contributed by atoms with van der Waals surface area (Å²) in [5, 5.41) is 21.7. The van der Waals surface area contributed by atoms with Crippen LogP contribution in [0.1, 0.15) is 40.5 Å². The van der Waals surface area contributed by atoms with Crippen molar-refractivity contribution in [2.24, 2.45) is 11.3 Å². The van der Waals surface area contributed by atoms with E-state index in [1.807, 2.05) is 19.9 Å². The Balaban J connectivity index is 2.07. The fourth-order valence-corrected chi connectivity index (χ4v) is 4.21. The zero-order chi connectivity index (χ0) is 17.2. The quantitative estimate of drug-likeness (QED) is 0.557. The largest absolute Gasteiger partial charge is 0.462 e. The summed E-state index contributed by atoms with van der Waals surface area (Å²) in [6.45, 7) is 6.71. The molecule has 0 aromatic heterocycles. The van der Waals surface area contributed by atoms with Crippen LogP contribution in [-0.4, -0.2) is 40.1 Å². The van der Waals surface area contributed by atoms with E-state index in [1.165, 1.54) is 6.92 Å². The van der Waals surface area contributed by atoms with Gasteiger partial charge in [0.1, 0.15) is 6.10 Å². The first-order valence-corrected chi connectivity index (χ1v) is 7.83. The number of carbonyl (C=O) groups is 2. The van der Waals surface area contributed by atoms with Gasteiger partial charge in [0.2, 0.25) is 5.79 Å². The number of carbonyl (C=O) groups excluding carboxylic acids is 2. The van der Waals surface area contributed by atoms with Gasteiger partial charge < -0.3 is 19.7 Å². The minimum Gasteiger partial charge on any atom is -0.462 e. The second-order valence-corrected chi connectivity index (χ2v) is 6.98. The van der Waals surface area contributed by atoms with Gasteiger partial charge in [0.25, 0.3) is 0 Å². The van der Waals surface area contributed by atoms with Crippen molar-refractivity contribution in [3.63, 3.8) is 0 Å². The summed E-state index contributed by atoms with van der Waals surface area (Å²) in [5.74, 6) is -2.89. The van der Waals surface area contributed by atoms with Crippen LogP contribution in [0.2, 0.25) is 0 Å². The van der Waals surface area contributed by atoms with E-state index in [-0.39, 0.29) is 35.6 Å². The molecule has 3 rings (SSSR count). The molecular formula is C17H22O6. The van der Waals surface area contributed by atoms with Crippen LogP contribution < -0.4 is 0 Å². The van der Waals surface area contributed by atoms with Gasteiger partial charge in [0, 0.05) is 42.2 Å². The van der Waals surface area contributed by atoms with Crippen LogP contribution in [0.5, 0.6) is 0 Å². The van der Waals surface area contributed by atoms with Gasteiger partial charge in [-0.25, -0.2) is 4.79 Å². The molecule has 3 aliphatic rings. The summed E-state index contributed by atoms with van der Waals surface area (Å²) >= 11 is 0. The molecule has 0 aromatic carbocycles. The Hall–Kier alpha value is -1.66. The third-order valence-corrected chi connectivity index (χ3v) is 5.77. The second-order valence-electron chi connectivity index (χ2n) is 6.98. The van der Waals surface area contributed by atoms with Gasteiger partial charge in [-0.15, -0.1) is 0 Å². The number of hydrogen-bond acceptors (Lipinski definition) is 6. The molecule has 0 radical (unpaired) electrons. The molecule has 0 saturated heterocycles. The van der Waals surface area contributed by atoms with Gasteiger partial charge in [0.05, 0.1) is 6.10 Å². The standard InChI is InChI=1S/C17H22O6/c1-8-13-14(19)16(4)9(2)12(22-10(3)18)6-5-11(16)7-17(13,21)23-15(8)20/h5,9,12,14,19,21H,6-7H2,1-4H3/t9-,12+,14+,16+,17+/m0/s1. The zero-order valence-corrected chi connectivity index (χ0v) is 13.8. The van der Waals surface area contributed by atoms with Gasteiger partial charge in [-0.05, 0) is 6.92 Å². The Bertz CT molecular complexity index is 647. The van der Waals surface area contributed by atoms with E-state index >= 15 is 0 Å². The molecule has 23 heavy (non-hydrogen) atoms. The zero-order valence-electron chi connectivity index (χ0n) is 13.8. The second kappa shape index (κ2) is 4.92. The highest BCUT2D eigenvalue weighted by atomic mass is 16.7. The Morgan fingerprint density at radius 1 is 1.48 bits per heavy atom. The lowest BCUT2D eigenvalue weighted by atomic mass is 9.56. The van der Waals surface area contributed by atoms with E-state index < -0.39 is 23.3 Å². The third kappa shape index (κ3) is 2.08. The van der Waals surface area contributed by atoms with Gasteiger partial charge in [-0.3, -0.25) is 4.79 Å². The Morgan fingerprint density at radius 3 is 2.74 bits per heavy atom. The van der Waals surface area contributed by atoms with Crippen molar-refractivity contribution in [1.29, 1.82) is 0 Å². The van der Waals surface area contributed by atoms with E-state index in [4.69, 9.17) is 9.47 Å². The number of ether oxygens (including phenoxy) is 2. The molecule has 1 fully saturated rings. The third-order valence-electron chi connectivity index (χ3n) is 5.77. The highest BCUT2D eigenvalue weighted by molar-refractivity contribution is 5.92. The molecule has 0 unspecified atom stereocenters. The smallest absolute Gasteiger partial charge is 0.336 e. The van der Waals surface area contributed by atoms with Crippen molar-refractivity contribution in [2.45, 2.75) is 58.5 Å². The average molecular weight is 322 g/mol. The van der Waals surface area contributed by atoms with E-state index in [2.05, 4.69) is 0 Å². The van der Waals surface area contributed by atoms with Crippen molar-refractivity contribution in [3.05, 3.63) is 22.8 Å². The molecule has 1 heterocycles. The SMILES string of the molecule is CC(=O)O[C@@H]1CC=C2C[C@@]3(O)OC(=O)C(C)=C3[C@@H](O)[C@]2(C)[C@H]1C. The van der Waals surface area contributed by atoms with Gasteiger partial charge in [-0.2, -0.15) is 0 Å². The molecule has 5 atom stereocenters. The number of fused-ring (bicyclic) bond motifs is 2. The summed E-state index contributed by atoms with van der Waals surface area (Å²) in [6.07, 6.45) is 1.11. The minimum atomic E-state index is -1.76. The minimum absolute atomic E-state index is 0.135. The highest BCUT2D eigenvalue weighted by Crippen LogP contribution is 2.57. The summed E-state index contributed by atoms with van der Waals surface area (Å²) in [7, 11) is 0. The summed E-state index contributed by atoms with van der Waals surface area (Å²) < 4.78 is 10.5. The number of aliphatic hydroxyl groups is 2. The Labute approximate surface area is 134 Å².